The molecule has 7 heteroatoms. The molecule has 0 radical (unpaired) electrons. The molecule has 5 nitrogen and oxygen atoms in total. The van der Waals surface area contributed by atoms with Crippen molar-refractivity contribution in [1.29, 1.82) is 0 Å². The Morgan fingerprint density at radius 1 is 1.58 bits per heavy atom. The second-order valence-corrected chi connectivity index (χ2v) is 7.35. The van der Waals surface area contributed by atoms with Crippen molar-refractivity contribution in [3.05, 3.63) is 10.6 Å². The van der Waals surface area contributed by atoms with Crippen LogP contribution in [-0.2, 0) is 16.0 Å². The normalized spacial score (nSPS) is 16.1. The Morgan fingerprint density at radius 3 is 2.84 bits per heavy atom. The highest BCUT2D eigenvalue weighted by atomic mass is 32.2. The third kappa shape index (κ3) is 4.21. The number of thioether (sulfide) groups is 1. The Balaban J connectivity index is 1.94. The summed E-state index contributed by atoms with van der Waals surface area (Å²) in [6.07, 6.45) is 2.39. The zero-order valence-corrected chi connectivity index (χ0v) is 12.6. The Labute approximate surface area is 120 Å². The van der Waals surface area contributed by atoms with Gasteiger partial charge in [0.1, 0.15) is 0 Å². The average Bonchev–Trinajstić information content (AvgIpc) is 3.05. The van der Waals surface area contributed by atoms with Crippen LogP contribution in [0.5, 0.6) is 0 Å². The maximum absolute atomic E-state index is 11.8. The van der Waals surface area contributed by atoms with Gasteiger partial charge < -0.3 is 11.1 Å². The molecule has 0 aliphatic heterocycles. The van der Waals surface area contributed by atoms with E-state index in [-0.39, 0.29) is 23.5 Å². The van der Waals surface area contributed by atoms with E-state index in [2.05, 4.69) is 10.3 Å². The molecule has 1 aliphatic rings. The fraction of sp³-hybridized carbons (Fsp3) is 0.583. The highest BCUT2D eigenvalue weighted by Gasteiger charge is 2.26. The van der Waals surface area contributed by atoms with Gasteiger partial charge in [0, 0.05) is 10.9 Å². The van der Waals surface area contributed by atoms with Crippen molar-refractivity contribution in [3.63, 3.8) is 0 Å². The molecular formula is C12H17N3O2S2. The van der Waals surface area contributed by atoms with Gasteiger partial charge in [0.2, 0.25) is 11.8 Å². The van der Waals surface area contributed by atoms with Gasteiger partial charge >= 0.3 is 0 Å². The predicted molar refractivity (Wildman–Crippen MR) is 76.2 cm³/mol. The number of aryl methyl sites for hydroxylation is 1. The predicted octanol–water partition coefficient (Wildman–Crippen LogP) is 1.24. The first kappa shape index (κ1) is 14.3. The van der Waals surface area contributed by atoms with E-state index in [0.717, 1.165) is 27.8 Å². The van der Waals surface area contributed by atoms with Gasteiger partial charge in [-0.25, -0.2) is 4.98 Å². The highest BCUT2D eigenvalue weighted by Crippen LogP contribution is 2.31. The number of carbonyl (C=O) groups excluding carboxylic acids is 2. The number of aromatic nitrogens is 1. The molecule has 104 valence electrons. The maximum atomic E-state index is 11.8. The first-order valence-corrected chi connectivity index (χ1v) is 7.87. The van der Waals surface area contributed by atoms with E-state index < -0.39 is 0 Å². The van der Waals surface area contributed by atoms with Crippen molar-refractivity contribution in [3.8, 4) is 0 Å². The summed E-state index contributed by atoms with van der Waals surface area (Å²) in [6, 6.07) is 0.374. The smallest absolute Gasteiger partial charge is 0.233 e. The van der Waals surface area contributed by atoms with Crippen LogP contribution < -0.4 is 11.1 Å². The van der Waals surface area contributed by atoms with Gasteiger partial charge in [-0.3, -0.25) is 9.59 Å². The quantitative estimate of drug-likeness (QED) is 0.774. The minimum absolute atomic E-state index is 0.0526. The SMILES string of the molecule is Cc1nc(SC(C)C(=O)NC2CC2)sc1CC(N)=O. The lowest BCUT2D eigenvalue weighted by Crippen LogP contribution is -2.32. The minimum atomic E-state index is -0.358. The van der Waals surface area contributed by atoms with Crippen molar-refractivity contribution in [2.45, 2.75) is 48.7 Å². The van der Waals surface area contributed by atoms with Crippen LogP contribution in [0, 0.1) is 6.92 Å². The molecule has 1 aromatic heterocycles. The molecule has 3 N–H and O–H groups in total. The molecule has 1 atom stereocenters. The first-order valence-electron chi connectivity index (χ1n) is 6.17. The van der Waals surface area contributed by atoms with Crippen LogP contribution in [0.15, 0.2) is 4.34 Å². The molecule has 1 saturated carbocycles. The van der Waals surface area contributed by atoms with Crippen LogP contribution in [0.1, 0.15) is 30.3 Å². The third-order valence-corrected chi connectivity index (χ3v) is 5.13. The molecule has 1 aromatic rings. The summed E-state index contributed by atoms with van der Waals surface area (Å²) >= 11 is 2.87. The van der Waals surface area contributed by atoms with E-state index in [1.807, 2.05) is 13.8 Å². The average molecular weight is 299 g/mol. The van der Waals surface area contributed by atoms with Crippen LogP contribution >= 0.6 is 23.1 Å². The van der Waals surface area contributed by atoms with Gasteiger partial charge in [0.25, 0.3) is 0 Å². The summed E-state index contributed by atoms with van der Waals surface area (Å²) in [4.78, 5) is 28.0. The maximum Gasteiger partial charge on any atom is 0.233 e. The van der Waals surface area contributed by atoms with Gasteiger partial charge in [-0.05, 0) is 26.7 Å². The number of amides is 2. The molecular weight excluding hydrogens is 282 g/mol. The zero-order chi connectivity index (χ0) is 14.0. The van der Waals surface area contributed by atoms with Crippen LogP contribution in [0.25, 0.3) is 0 Å². The fourth-order valence-electron chi connectivity index (χ4n) is 1.52. The molecule has 1 fully saturated rings. The summed E-state index contributed by atoms with van der Waals surface area (Å²) in [5.74, 6) is -0.306. The number of hydrogen-bond donors (Lipinski definition) is 2. The number of hydrogen-bond acceptors (Lipinski definition) is 5. The van der Waals surface area contributed by atoms with E-state index in [4.69, 9.17) is 5.73 Å². The van der Waals surface area contributed by atoms with Gasteiger partial charge in [0.15, 0.2) is 4.34 Å². The Kier molecular flexibility index (Phi) is 4.46. The lowest BCUT2D eigenvalue weighted by atomic mass is 10.3. The molecule has 1 unspecified atom stereocenters. The van der Waals surface area contributed by atoms with Crippen LogP contribution in [-0.4, -0.2) is 28.1 Å². The van der Waals surface area contributed by atoms with Crippen LogP contribution in [0.3, 0.4) is 0 Å². The summed E-state index contributed by atoms with van der Waals surface area (Å²) < 4.78 is 0.812. The van der Waals surface area contributed by atoms with E-state index in [1.165, 1.54) is 23.1 Å². The standard InChI is InChI=1S/C12H17N3O2S2/c1-6-9(5-10(13)16)19-12(14-6)18-7(2)11(17)15-8-3-4-8/h7-8H,3-5H2,1-2H3,(H2,13,16)(H,15,17). The Hall–Kier alpha value is -1.08. The van der Waals surface area contributed by atoms with Crippen LogP contribution in [0.2, 0.25) is 0 Å². The molecule has 2 amide bonds. The van der Waals surface area contributed by atoms with Gasteiger partial charge in [-0.2, -0.15) is 0 Å². The zero-order valence-electron chi connectivity index (χ0n) is 10.9. The summed E-state index contributed by atoms with van der Waals surface area (Å²) in [5, 5.41) is 2.80. The molecule has 0 spiro atoms. The fourth-order valence-corrected chi connectivity index (χ4v) is 3.92. The van der Waals surface area contributed by atoms with Crippen molar-refractivity contribution < 1.29 is 9.59 Å². The second-order valence-electron chi connectivity index (χ2n) is 4.67. The number of nitrogens with two attached hydrogens (primary N) is 1. The summed E-state index contributed by atoms with van der Waals surface area (Å²) in [7, 11) is 0. The number of primary amides is 1. The number of rotatable bonds is 6. The lowest BCUT2D eigenvalue weighted by molar-refractivity contribution is -0.120. The minimum Gasteiger partial charge on any atom is -0.369 e. The van der Waals surface area contributed by atoms with E-state index in [9.17, 15) is 9.59 Å². The number of carbonyl (C=O) groups is 2. The highest BCUT2D eigenvalue weighted by molar-refractivity contribution is 8.02. The van der Waals surface area contributed by atoms with Crippen LogP contribution in [0.4, 0.5) is 0 Å². The topological polar surface area (TPSA) is 85.1 Å². The summed E-state index contributed by atoms with van der Waals surface area (Å²) in [5.41, 5.74) is 6.00. The molecule has 0 bridgehead atoms. The summed E-state index contributed by atoms with van der Waals surface area (Å²) in [6.45, 7) is 3.72. The monoisotopic (exact) mass is 299 g/mol. The molecule has 1 heterocycles. The first-order chi connectivity index (χ1) is 8.95. The number of nitrogens with one attached hydrogen (secondary N) is 1. The lowest BCUT2D eigenvalue weighted by Gasteiger charge is -2.09. The molecule has 19 heavy (non-hydrogen) atoms. The van der Waals surface area contributed by atoms with E-state index >= 15 is 0 Å². The second kappa shape index (κ2) is 5.92. The Bertz CT molecular complexity index is 497. The van der Waals surface area contributed by atoms with Gasteiger partial charge in [-0.15, -0.1) is 11.3 Å². The van der Waals surface area contributed by atoms with Gasteiger partial charge in [0.05, 0.1) is 17.4 Å². The molecule has 1 aliphatic carbocycles. The van der Waals surface area contributed by atoms with Gasteiger partial charge in [-0.1, -0.05) is 11.8 Å². The number of thiazole rings is 1. The molecule has 2 rings (SSSR count). The van der Waals surface area contributed by atoms with Crippen molar-refractivity contribution in [2.24, 2.45) is 5.73 Å². The Morgan fingerprint density at radius 2 is 2.26 bits per heavy atom. The molecule has 0 aromatic carbocycles. The van der Waals surface area contributed by atoms with E-state index in [1.54, 1.807) is 0 Å². The van der Waals surface area contributed by atoms with E-state index in [0.29, 0.717) is 6.04 Å². The van der Waals surface area contributed by atoms with Crippen molar-refractivity contribution in [1.82, 2.24) is 10.3 Å². The number of nitrogens with zero attached hydrogens (tertiary/aromatic N) is 1. The third-order valence-electron chi connectivity index (χ3n) is 2.78. The van der Waals surface area contributed by atoms with Crippen molar-refractivity contribution in [2.75, 3.05) is 0 Å². The largest absolute Gasteiger partial charge is 0.369 e. The molecule has 0 saturated heterocycles. The van der Waals surface area contributed by atoms with Crippen molar-refractivity contribution >= 4 is 34.9 Å².